The van der Waals surface area contributed by atoms with E-state index in [-0.39, 0.29) is 18.9 Å². The van der Waals surface area contributed by atoms with Crippen LogP contribution in [0.3, 0.4) is 0 Å². The predicted molar refractivity (Wildman–Crippen MR) is 82.1 cm³/mol. The normalized spacial score (nSPS) is 29.1. The van der Waals surface area contributed by atoms with Gasteiger partial charge in [-0.2, -0.15) is 0 Å². The van der Waals surface area contributed by atoms with Gasteiger partial charge in [0.1, 0.15) is 5.60 Å². The monoisotopic (exact) mass is 298 g/mol. The van der Waals surface area contributed by atoms with Gasteiger partial charge < -0.3 is 14.7 Å². The van der Waals surface area contributed by atoms with E-state index in [0.29, 0.717) is 13.2 Å². The molecule has 2 rings (SSSR count). The van der Waals surface area contributed by atoms with Gasteiger partial charge in [0.05, 0.1) is 19.6 Å². The summed E-state index contributed by atoms with van der Waals surface area (Å²) in [7, 11) is 3.45. The molecule has 1 atom stereocenters. The number of hydrogen-bond acceptors (Lipinski definition) is 4. The van der Waals surface area contributed by atoms with Gasteiger partial charge in [0.2, 0.25) is 5.91 Å². The highest BCUT2D eigenvalue weighted by Crippen LogP contribution is 2.26. The van der Waals surface area contributed by atoms with Crippen molar-refractivity contribution in [1.82, 2.24) is 9.80 Å². The summed E-state index contributed by atoms with van der Waals surface area (Å²) < 4.78 is 5.55. The molecular weight excluding hydrogens is 268 g/mol. The SMILES string of the molecule is CN(C)C(=O)C[C@@]1(O)COCCN(CC2CCCCC2)C1. The second-order valence-electron chi connectivity index (χ2n) is 6.98. The van der Waals surface area contributed by atoms with Crippen LogP contribution in [0.1, 0.15) is 38.5 Å². The average Bonchev–Trinajstić information content (AvgIpc) is 2.61. The number of amides is 1. The lowest BCUT2D eigenvalue weighted by Gasteiger charge is -2.34. The Morgan fingerprint density at radius 1 is 1.33 bits per heavy atom. The van der Waals surface area contributed by atoms with E-state index >= 15 is 0 Å². The Bertz CT molecular complexity index is 342. The second kappa shape index (κ2) is 7.56. The smallest absolute Gasteiger partial charge is 0.225 e. The molecule has 0 spiro atoms. The van der Waals surface area contributed by atoms with E-state index in [1.54, 1.807) is 14.1 Å². The van der Waals surface area contributed by atoms with Crippen molar-refractivity contribution in [1.29, 1.82) is 0 Å². The minimum absolute atomic E-state index is 0.0411. The summed E-state index contributed by atoms with van der Waals surface area (Å²) in [5.74, 6) is 0.700. The molecule has 0 aromatic carbocycles. The van der Waals surface area contributed by atoms with Crippen LogP contribution in [0.15, 0.2) is 0 Å². The quantitative estimate of drug-likeness (QED) is 0.845. The minimum atomic E-state index is -1.05. The van der Waals surface area contributed by atoms with Crippen LogP contribution in [0, 0.1) is 5.92 Å². The number of nitrogens with zero attached hydrogens (tertiary/aromatic N) is 2. The topological polar surface area (TPSA) is 53.0 Å². The highest BCUT2D eigenvalue weighted by atomic mass is 16.5. The number of aliphatic hydroxyl groups is 1. The van der Waals surface area contributed by atoms with Crippen LogP contribution in [0.5, 0.6) is 0 Å². The van der Waals surface area contributed by atoms with Gasteiger partial charge in [0, 0.05) is 33.7 Å². The molecule has 0 bridgehead atoms. The standard InChI is InChI=1S/C16H30N2O3/c1-17(2)15(19)10-16(20)12-18(8-9-21-13-16)11-14-6-4-3-5-7-14/h14,20H,3-13H2,1-2H3/t16-/m0/s1. The molecule has 1 saturated heterocycles. The summed E-state index contributed by atoms with van der Waals surface area (Å²) >= 11 is 0. The molecule has 1 saturated carbocycles. The lowest BCUT2D eigenvalue weighted by Crippen LogP contribution is -2.48. The lowest BCUT2D eigenvalue weighted by molar-refractivity contribution is -0.136. The van der Waals surface area contributed by atoms with Crippen LogP contribution in [-0.4, -0.2) is 73.4 Å². The maximum Gasteiger partial charge on any atom is 0.225 e. The molecule has 1 aliphatic heterocycles. The summed E-state index contributed by atoms with van der Waals surface area (Å²) in [5.41, 5.74) is -1.05. The van der Waals surface area contributed by atoms with E-state index < -0.39 is 5.60 Å². The second-order valence-corrected chi connectivity index (χ2v) is 6.98. The molecule has 0 aromatic heterocycles. The van der Waals surface area contributed by atoms with Crippen LogP contribution in [-0.2, 0) is 9.53 Å². The van der Waals surface area contributed by atoms with Gasteiger partial charge in [-0.05, 0) is 18.8 Å². The van der Waals surface area contributed by atoms with Gasteiger partial charge in [-0.3, -0.25) is 9.69 Å². The van der Waals surface area contributed by atoms with Crippen molar-refractivity contribution in [3.63, 3.8) is 0 Å². The zero-order chi connectivity index (χ0) is 15.3. The maximum absolute atomic E-state index is 11.9. The molecular formula is C16H30N2O3. The molecule has 1 N–H and O–H groups in total. The Labute approximate surface area is 128 Å². The first-order valence-corrected chi connectivity index (χ1v) is 8.21. The van der Waals surface area contributed by atoms with Crippen molar-refractivity contribution in [2.75, 3.05) is 46.9 Å². The van der Waals surface area contributed by atoms with Crippen LogP contribution in [0.2, 0.25) is 0 Å². The molecule has 1 amide bonds. The molecule has 122 valence electrons. The molecule has 2 aliphatic rings. The Hall–Kier alpha value is -0.650. The maximum atomic E-state index is 11.9. The predicted octanol–water partition coefficient (Wildman–Crippen LogP) is 1.11. The summed E-state index contributed by atoms with van der Waals surface area (Å²) in [5, 5.41) is 10.8. The van der Waals surface area contributed by atoms with Crippen LogP contribution >= 0.6 is 0 Å². The van der Waals surface area contributed by atoms with E-state index in [1.807, 2.05) is 0 Å². The van der Waals surface area contributed by atoms with E-state index in [9.17, 15) is 9.90 Å². The number of rotatable bonds is 4. The summed E-state index contributed by atoms with van der Waals surface area (Å²) in [4.78, 5) is 15.8. The van der Waals surface area contributed by atoms with Crippen molar-refractivity contribution in [2.45, 2.75) is 44.1 Å². The first-order chi connectivity index (χ1) is 9.98. The summed E-state index contributed by atoms with van der Waals surface area (Å²) in [6.45, 7) is 3.33. The van der Waals surface area contributed by atoms with Crippen molar-refractivity contribution in [2.24, 2.45) is 5.92 Å². The molecule has 0 aromatic rings. The minimum Gasteiger partial charge on any atom is -0.386 e. The Balaban J connectivity index is 1.91. The largest absolute Gasteiger partial charge is 0.386 e. The molecule has 0 unspecified atom stereocenters. The molecule has 1 aliphatic carbocycles. The molecule has 1 heterocycles. The fourth-order valence-corrected chi connectivity index (χ4v) is 3.43. The Morgan fingerprint density at radius 3 is 2.71 bits per heavy atom. The number of carbonyl (C=O) groups is 1. The van der Waals surface area contributed by atoms with Crippen molar-refractivity contribution in [3.05, 3.63) is 0 Å². The third kappa shape index (κ3) is 5.24. The fourth-order valence-electron chi connectivity index (χ4n) is 3.43. The van der Waals surface area contributed by atoms with Crippen molar-refractivity contribution >= 4 is 5.91 Å². The van der Waals surface area contributed by atoms with Crippen LogP contribution in [0.25, 0.3) is 0 Å². The van der Waals surface area contributed by atoms with E-state index in [2.05, 4.69) is 4.90 Å². The lowest BCUT2D eigenvalue weighted by atomic mass is 9.88. The van der Waals surface area contributed by atoms with Crippen LogP contribution in [0.4, 0.5) is 0 Å². The molecule has 0 radical (unpaired) electrons. The molecule has 5 nitrogen and oxygen atoms in total. The van der Waals surface area contributed by atoms with Gasteiger partial charge in [-0.15, -0.1) is 0 Å². The molecule has 2 fully saturated rings. The summed E-state index contributed by atoms with van der Waals surface area (Å²) in [6.07, 6.45) is 6.76. The number of carbonyl (C=O) groups excluding carboxylic acids is 1. The van der Waals surface area contributed by atoms with Crippen molar-refractivity contribution < 1.29 is 14.6 Å². The van der Waals surface area contributed by atoms with Gasteiger partial charge in [0.25, 0.3) is 0 Å². The number of β-amino-alcohol motifs (C(OH)–C–C–N with tert-alkyl or cyclic N) is 1. The fraction of sp³-hybridized carbons (Fsp3) is 0.938. The molecule has 21 heavy (non-hydrogen) atoms. The Morgan fingerprint density at radius 2 is 2.05 bits per heavy atom. The average molecular weight is 298 g/mol. The van der Waals surface area contributed by atoms with Crippen LogP contribution < -0.4 is 0 Å². The number of hydrogen-bond donors (Lipinski definition) is 1. The van der Waals surface area contributed by atoms with Gasteiger partial charge in [0.15, 0.2) is 0 Å². The first kappa shape index (κ1) is 16.7. The highest BCUT2D eigenvalue weighted by molar-refractivity contribution is 5.76. The zero-order valence-electron chi connectivity index (χ0n) is 13.5. The Kier molecular flexibility index (Phi) is 6.02. The number of ether oxygens (including phenoxy) is 1. The van der Waals surface area contributed by atoms with Gasteiger partial charge in [-0.1, -0.05) is 19.3 Å². The highest BCUT2D eigenvalue weighted by Gasteiger charge is 2.35. The van der Waals surface area contributed by atoms with E-state index in [4.69, 9.17) is 4.74 Å². The summed E-state index contributed by atoms with van der Waals surface area (Å²) in [6, 6.07) is 0. The van der Waals surface area contributed by atoms with E-state index in [1.165, 1.54) is 37.0 Å². The van der Waals surface area contributed by atoms with Crippen molar-refractivity contribution in [3.8, 4) is 0 Å². The van der Waals surface area contributed by atoms with Gasteiger partial charge >= 0.3 is 0 Å². The zero-order valence-corrected chi connectivity index (χ0v) is 13.5. The van der Waals surface area contributed by atoms with Gasteiger partial charge in [-0.25, -0.2) is 0 Å². The van der Waals surface area contributed by atoms with E-state index in [0.717, 1.165) is 19.0 Å². The third-order valence-electron chi connectivity index (χ3n) is 4.66. The molecule has 5 heteroatoms. The first-order valence-electron chi connectivity index (χ1n) is 8.21. The third-order valence-corrected chi connectivity index (χ3v) is 4.66.